The van der Waals surface area contributed by atoms with Crippen LogP contribution >= 0.6 is 0 Å². The number of hydrogen-bond acceptors (Lipinski definition) is 8. The molecule has 1 aromatic carbocycles. The van der Waals surface area contributed by atoms with Crippen molar-refractivity contribution in [3.8, 4) is 17.3 Å². The summed E-state index contributed by atoms with van der Waals surface area (Å²) in [6.07, 6.45) is 0. The second-order valence-corrected chi connectivity index (χ2v) is 9.83. The minimum atomic E-state index is -1.09. The molecule has 38 heavy (non-hydrogen) atoms. The van der Waals surface area contributed by atoms with E-state index in [1.54, 1.807) is 55.5 Å². The molecule has 11 heteroatoms. The van der Waals surface area contributed by atoms with Gasteiger partial charge < -0.3 is 18.9 Å². The fourth-order valence-electron chi connectivity index (χ4n) is 3.88. The van der Waals surface area contributed by atoms with Gasteiger partial charge in [0.1, 0.15) is 29.6 Å². The fourth-order valence-corrected chi connectivity index (χ4v) is 3.88. The van der Waals surface area contributed by atoms with Crippen LogP contribution < -0.4 is 15.0 Å². The fraction of sp³-hybridized carbons (Fsp3) is 0.370. The van der Waals surface area contributed by atoms with Crippen LogP contribution in [0.1, 0.15) is 51.0 Å². The van der Waals surface area contributed by atoms with Crippen LogP contribution in [0.25, 0.3) is 11.6 Å². The molecule has 0 radical (unpaired) electrons. The van der Waals surface area contributed by atoms with Gasteiger partial charge in [0.2, 0.25) is 5.82 Å². The summed E-state index contributed by atoms with van der Waals surface area (Å²) in [5, 5.41) is 15.3. The van der Waals surface area contributed by atoms with E-state index < -0.39 is 23.4 Å². The molecular formula is C27H32N6O5. The van der Waals surface area contributed by atoms with E-state index in [4.69, 9.17) is 13.6 Å². The number of carbonyl (C=O) groups excluding carboxylic acids is 2. The number of ether oxygens (including phenoxy) is 1. The SMILES string of the molecule is CCOc1ccc(N(C(=O)Cn2nnc(-c3ccc(C)o3)n2)C(C(=O)NC(C)(C)C)c2ccc(C)o2)cc1. The number of tetrazole rings is 1. The first-order valence-electron chi connectivity index (χ1n) is 12.3. The smallest absolute Gasteiger partial charge is 0.251 e. The van der Waals surface area contributed by atoms with E-state index >= 15 is 0 Å². The normalized spacial score (nSPS) is 12.3. The summed E-state index contributed by atoms with van der Waals surface area (Å²) in [5.41, 5.74) is -0.0721. The van der Waals surface area contributed by atoms with Crippen molar-refractivity contribution in [1.29, 1.82) is 0 Å². The number of furan rings is 2. The highest BCUT2D eigenvalue weighted by atomic mass is 16.5. The summed E-state index contributed by atoms with van der Waals surface area (Å²) in [5.74, 6) is 2.14. The topological polar surface area (TPSA) is 129 Å². The summed E-state index contributed by atoms with van der Waals surface area (Å²) in [4.78, 5) is 30.1. The van der Waals surface area contributed by atoms with Crippen molar-refractivity contribution in [2.45, 2.75) is 59.7 Å². The van der Waals surface area contributed by atoms with Crippen molar-refractivity contribution in [3.63, 3.8) is 0 Å². The number of anilines is 1. The third kappa shape index (κ3) is 6.28. The highest BCUT2D eigenvalue weighted by Gasteiger charge is 2.37. The predicted octanol–water partition coefficient (Wildman–Crippen LogP) is 4.23. The van der Waals surface area contributed by atoms with Crippen LogP contribution in [0.2, 0.25) is 0 Å². The molecule has 0 bridgehead atoms. The lowest BCUT2D eigenvalue weighted by atomic mass is 10.1. The number of nitrogens with one attached hydrogen (secondary N) is 1. The van der Waals surface area contributed by atoms with Gasteiger partial charge >= 0.3 is 0 Å². The predicted molar refractivity (Wildman–Crippen MR) is 139 cm³/mol. The molecule has 2 amide bonds. The lowest BCUT2D eigenvalue weighted by Crippen LogP contribution is -2.50. The minimum absolute atomic E-state index is 0.252. The maximum atomic E-state index is 13.9. The molecule has 4 rings (SSSR count). The monoisotopic (exact) mass is 520 g/mol. The zero-order valence-electron chi connectivity index (χ0n) is 22.4. The van der Waals surface area contributed by atoms with Crippen LogP contribution in [-0.4, -0.2) is 44.2 Å². The van der Waals surface area contributed by atoms with E-state index in [2.05, 4.69) is 20.7 Å². The summed E-state index contributed by atoms with van der Waals surface area (Å²) < 4.78 is 17.0. The quantitative estimate of drug-likeness (QED) is 0.347. The third-order valence-corrected chi connectivity index (χ3v) is 5.42. The third-order valence-electron chi connectivity index (χ3n) is 5.42. The van der Waals surface area contributed by atoms with Crippen LogP contribution in [0.15, 0.2) is 57.4 Å². The summed E-state index contributed by atoms with van der Waals surface area (Å²) >= 11 is 0. The van der Waals surface area contributed by atoms with Crippen molar-refractivity contribution < 1.29 is 23.2 Å². The Morgan fingerprint density at radius 1 is 1.03 bits per heavy atom. The van der Waals surface area contributed by atoms with Gasteiger partial charge in [0.05, 0.1) is 6.61 Å². The highest BCUT2D eigenvalue weighted by Crippen LogP contribution is 2.31. The van der Waals surface area contributed by atoms with Gasteiger partial charge in [0.25, 0.3) is 11.8 Å². The Balaban J connectivity index is 1.73. The van der Waals surface area contributed by atoms with E-state index in [9.17, 15) is 9.59 Å². The highest BCUT2D eigenvalue weighted by molar-refractivity contribution is 6.01. The maximum Gasteiger partial charge on any atom is 0.251 e. The number of aryl methyl sites for hydroxylation is 2. The average Bonchev–Trinajstić information content (AvgIpc) is 3.58. The molecule has 200 valence electrons. The number of carbonyl (C=O) groups is 2. The summed E-state index contributed by atoms with van der Waals surface area (Å²) in [7, 11) is 0. The Morgan fingerprint density at radius 2 is 1.71 bits per heavy atom. The Hall–Kier alpha value is -4.41. The number of nitrogens with zero attached hydrogens (tertiary/aromatic N) is 5. The van der Waals surface area contributed by atoms with Crippen LogP contribution in [0.4, 0.5) is 5.69 Å². The van der Waals surface area contributed by atoms with Gasteiger partial charge in [-0.3, -0.25) is 14.5 Å². The number of amides is 2. The lowest BCUT2D eigenvalue weighted by Gasteiger charge is -2.32. The number of hydrogen-bond donors (Lipinski definition) is 1. The molecule has 11 nitrogen and oxygen atoms in total. The number of aromatic nitrogens is 4. The van der Waals surface area contributed by atoms with Gasteiger partial charge in [-0.15, -0.1) is 10.2 Å². The molecule has 1 unspecified atom stereocenters. The van der Waals surface area contributed by atoms with Crippen LogP contribution in [0.3, 0.4) is 0 Å². The van der Waals surface area contributed by atoms with Crippen LogP contribution in [0.5, 0.6) is 5.75 Å². The molecule has 3 heterocycles. The zero-order valence-corrected chi connectivity index (χ0v) is 22.4. The Bertz CT molecular complexity index is 1400. The first-order valence-corrected chi connectivity index (χ1v) is 12.3. The van der Waals surface area contributed by atoms with Crippen molar-refractivity contribution >= 4 is 17.5 Å². The van der Waals surface area contributed by atoms with E-state index in [1.807, 2.05) is 34.6 Å². The Labute approximate surface area is 220 Å². The van der Waals surface area contributed by atoms with Gasteiger partial charge in [0.15, 0.2) is 11.8 Å². The van der Waals surface area contributed by atoms with E-state index in [0.29, 0.717) is 41.1 Å². The standard InChI is InChI=1S/C27H32N6O5/c1-7-36-20-12-10-19(11-13-20)33(24(21-14-8-17(2)37-21)26(35)28-27(4,5)6)23(34)16-32-30-25(29-31-32)22-15-9-18(3)38-22/h8-15,24H,7,16H2,1-6H3,(H,28,35). The van der Waals surface area contributed by atoms with Gasteiger partial charge in [-0.1, -0.05) is 0 Å². The van der Waals surface area contributed by atoms with Gasteiger partial charge in [0, 0.05) is 11.2 Å². The molecule has 0 spiro atoms. The molecule has 1 atom stereocenters. The lowest BCUT2D eigenvalue weighted by molar-refractivity contribution is -0.128. The molecule has 3 aromatic heterocycles. The largest absolute Gasteiger partial charge is 0.494 e. The van der Waals surface area contributed by atoms with Crippen molar-refractivity contribution in [2.24, 2.45) is 0 Å². The van der Waals surface area contributed by atoms with Crippen LogP contribution in [-0.2, 0) is 16.1 Å². The summed E-state index contributed by atoms with van der Waals surface area (Å²) in [6.45, 7) is 11.3. The zero-order chi connectivity index (χ0) is 27.4. The Kier molecular flexibility index (Phi) is 7.65. The summed E-state index contributed by atoms with van der Waals surface area (Å²) in [6, 6.07) is 12.8. The van der Waals surface area contributed by atoms with Crippen molar-refractivity contribution in [3.05, 3.63) is 65.8 Å². The second kappa shape index (κ2) is 10.9. The average molecular weight is 521 g/mol. The first-order chi connectivity index (χ1) is 18.0. The van der Waals surface area contributed by atoms with Crippen molar-refractivity contribution in [2.75, 3.05) is 11.5 Å². The Morgan fingerprint density at radius 3 is 2.29 bits per heavy atom. The second-order valence-electron chi connectivity index (χ2n) is 9.83. The maximum absolute atomic E-state index is 13.9. The molecule has 1 N–H and O–H groups in total. The van der Waals surface area contributed by atoms with E-state index in [0.717, 1.165) is 0 Å². The molecular weight excluding hydrogens is 488 g/mol. The molecule has 0 aliphatic rings. The molecule has 0 aliphatic carbocycles. The minimum Gasteiger partial charge on any atom is -0.494 e. The molecule has 0 fully saturated rings. The number of rotatable bonds is 9. The molecule has 0 saturated heterocycles. The van der Waals surface area contributed by atoms with Crippen molar-refractivity contribution in [1.82, 2.24) is 25.5 Å². The molecule has 0 aliphatic heterocycles. The first kappa shape index (κ1) is 26.6. The van der Waals surface area contributed by atoms with Gasteiger partial charge in [-0.05, 0) is 95.3 Å². The molecule has 0 saturated carbocycles. The van der Waals surface area contributed by atoms with Gasteiger partial charge in [-0.25, -0.2) is 0 Å². The molecule has 4 aromatic rings. The van der Waals surface area contributed by atoms with E-state index in [1.165, 1.54) is 9.70 Å². The van der Waals surface area contributed by atoms with Crippen LogP contribution in [0, 0.1) is 13.8 Å². The number of benzene rings is 1. The van der Waals surface area contributed by atoms with E-state index in [-0.39, 0.29) is 12.4 Å². The van der Waals surface area contributed by atoms with Gasteiger partial charge in [-0.2, -0.15) is 4.80 Å².